The molecule has 1 fully saturated rings. The van der Waals surface area contributed by atoms with Gasteiger partial charge in [0.1, 0.15) is 5.92 Å². The fourth-order valence-corrected chi connectivity index (χ4v) is 2.57. The van der Waals surface area contributed by atoms with Crippen LogP contribution < -0.4 is 5.32 Å². The van der Waals surface area contributed by atoms with E-state index in [9.17, 15) is 19.2 Å². The topological polar surface area (TPSA) is 117 Å². The summed E-state index contributed by atoms with van der Waals surface area (Å²) in [5, 5.41) is 1.88. The molecule has 0 aromatic heterocycles. The van der Waals surface area contributed by atoms with Gasteiger partial charge >= 0.3 is 11.9 Å². The summed E-state index contributed by atoms with van der Waals surface area (Å²) in [4.78, 5) is 47.2. The van der Waals surface area contributed by atoms with Crippen LogP contribution in [0.25, 0.3) is 0 Å². The molecule has 1 rings (SSSR count). The Morgan fingerprint density at radius 1 is 1.00 bits per heavy atom. The molecule has 1 heterocycles. The maximum atomic E-state index is 12.6. The van der Waals surface area contributed by atoms with Crippen LogP contribution >= 0.6 is 34.8 Å². The van der Waals surface area contributed by atoms with Crippen LogP contribution in [0, 0.1) is 5.92 Å². The quantitative estimate of drug-likeness (QED) is 0.512. The van der Waals surface area contributed by atoms with Crippen molar-refractivity contribution in [1.29, 1.82) is 0 Å². The van der Waals surface area contributed by atoms with Crippen molar-refractivity contribution in [2.75, 3.05) is 7.11 Å². The highest BCUT2D eigenvalue weighted by Gasteiger charge is 2.52. The third kappa shape index (κ3) is 5.95. The average Bonchev–Trinajstić information content (AvgIpc) is 2.48. The Kier molecular flexibility index (Phi) is 8.09. The Morgan fingerprint density at radius 3 is 1.92 bits per heavy atom. The molecule has 148 valence electrons. The first-order valence-corrected chi connectivity index (χ1v) is 8.46. The van der Waals surface area contributed by atoms with Crippen LogP contribution in [-0.2, 0) is 38.1 Å². The van der Waals surface area contributed by atoms with Gasteiger partial charge in [-0.3, -0.25) is 24.5 Å². The maximum absolute atomic E-state index is 12.6. The van der Waals surface area contributed by atoms with Crippen molar-refractivity contribution in [3.8, 4) is 0 Å². The van der Waals surface area contributed by atoms with Crippen LogP contribution in [0.4, 0.5) is 0 Å². The number of imide groups is 1. The monoisotopic (exact) mass is 433 g/mol. The first kappa shape index (κ1) is 22.9. The standard InChI is InChI=1S/C14H18Cl3NO8/c1-5-9(25-6(2)19)10(26-7(3)20)8(12(23-4)24-5)11(21)18-13(22)14(15,16)17/h5,8-10,12H,1-4H3,(H,18,21,22)/t5-,8+,9-,10-,12+/m0/s1. The van der Waals surface area contributed by atoms with E-state index in [1.165, 1.54) is 14.0 Å². The van der Waals surface area contributed by atoms with E-state index >= 15 is 0 Å². The van der Waals surface area contributed by atoms with Gasteiger partial charge in [-0.05, 0) is 6.92 Å². The number of ether oxygens (including phenoxy) is 4. The van der Waals surface area contributed by atoms with E-state index in [0.29, 0.717) is 0 Å². The normalized spacial score (nSPS) is 28.8. The van der Waals surface area contributed by atoms with Gasteiger partial charge in [-0.25, -0.2) is 0 Å². The Bertz CT molecular complexity index is 579. The molecule has 1 aliphatic heterocycles. The lowest BCUT2D eigenvalue weighted by molar-refractivity contribution is -0.271. The van der Waals surface area contributed by atoms with Crippen molar-refractivity contribution in [3.05, 3.63) is 0 Å². The minimum atomic E-state index is -2.40. The van der Waals surface area contributed by atoms with Crippen LogP contribution in [0.2, 0.25) is 0 Å². The highest BCUT2D eigenvalue weighted by molar-refractivity contribution is 6.76. The summed E-state index contributed by atoms with van der Waals surface area (Å²) in [6.07, 6.45) is -4.42. The maximum Gasteiger partial charge on any atom is 0.303 e. The highest BCUT2D eigenvalue weighted by Crippen LogP contribution is 2.32. The van der Waals surface area contributed by atoms with E-state index in [4.69, 9.17) is 53.8 Å². The summed E-state index contributed by atoms with van der Waals surface area (Å²) in [6, 6.07) is 0. The second kappa shape index (κ2) is 9.18. The molecule has 1 N–H and O–H groups in total. The second-order valence-corrected chi connectivity index (χ2v) is 7.72. The van der Waals surface area contributed by atoms with Crippen LogP contribution in [0.1, 0.15) is 20.8 Å². The number of carbonyl (C=O) groups excluding carboxylic acids is 4. The number of nitrogens with one attached hydrogen (secondary N) is 1. The molecule has 12 heteroatoms. The molecular formula is C14H18Cl3NO8. The van der Waals surface area contributed by atoms with Crippen LogP contribution in [0.5, 0.6) is 0 Å². The summed E-state index contributed by atoms with van der Waals surface area (Å²) in [7, 11) is 1.24. The number of carbonyl (C=O) groups is 4. The average molecular weight is 435 g/mol. The van der Waals surface area contributed by atoms with E-state index in [1.54, 1.807) is 0 Å². The first-order valence-electron chi connectivity index (χ1n) is 7.33. The van der Waals surface area contributed by atoms with Gasteiger partial charge < -0.3 is 18.9 Å². The molecule has 0 spiro atoms. The Labute approximate surface area is 164 Å². The fraction of sp³-hybridized carbons (Fsp3) is 0.714. The summed E-state index contributed by atoms with van der Waals surface area (Å²) >= 11 is 16.3. The lowest BCUT2D eigenvalue weighted by Crippen LogP contribution is -2.61. The number of halogens is 3. The van der Waals surface area contributed by atoms with Crippen molar-refractivity contribution in [1.82, 2.24) is 5.32 Å². The van der Waals surface area contributed by atoms with Crippen LogP contribution in [0.3, 0.4) is 0 Å². The number of amides is 2. The lowest BCUT2D eigenvalue weighted by atomic mass is 9.90. The molecule has 0 aromatic rings. The molecule has 0 bridgehead atoms. The van der Waals surface area contributed by atoms with E-state index in [1.807, 2.05) is 5.32 Å². The molecule has 1 saturated heterocycles. The summed E-state index contributed by atoms with van der Waals surface area (Å²) in [5.41, 5.74) is 0. The number of alkyl halides is 3. The van der Waals surface area contributed by atoms with Crippen molar-refractivity contribution in [3.63, 3.8) is 0 Å². The molecule has 1 aliphatic rings. The minimum absolute atomic E-state index is 0.685. The Balaban J connectivity index is 3.21. The van der Waals surface area contributed by atoms with E-state index in [-0.39, 0.29) is 0 Å². The van der Waals surface area contributed by atoms with Crippen molar-refractivity contribution in [2.24, 2.45) is 5.92 Å². The molecule has 0 saturated carbocycles. The molecular weight excluding hydrogens is 417 g/mol. The zero-order valence-corrected chi connectivity index (χ0v) is 16.6. The third-order valence-corrected chi connectivity index (χ3v) is 3.93. The smallest absolute Gasteiger partial charge is 0.303 e. The molecule has 0 radical (unpaired) electrons. The lowest BCUT2D eigenvalue weighted by Gasteiger charge is -2.43. The van der Waals surface area contributed by atoms with Gasteiger partial charge in [0.25, 0.3) is 9.70 Å². The number of hydrogen-bond donors (Lipinski definition) is 1. The van der Waals surface area contributed by atoms with Gasteiger partial charge in [0.15, 0.2) is 18.5 Å². The summed E-state index contributed by atoms with van der Waals surface area (Å²) in [6.45, 7) is 3.78. The number of methoxy groups -OCH3 is 1. The molecule has 0 unspecified atom stereocenters. The van der Waals surface area contributed by atoms with Gasteiger partial charge in [0, 0.05) is 21.0 Å². The molecule has 0 aromatic carbocycles. The SMILES string of the molecule is CO[C@@H]1O[C@@H](C)[C@H](OC(C)=O)[C@@H](OC(C)=O)[C@@H]1C(=O)NC(=O)C(Cl)(Cl)Cl. The number of esters is 2. The minimum Gasteiger partial charge on any atom is -0.457 e. The number of rotatable bonds is 4. The highest BCUT2D eigenvalue weighted by atomic mass is 35.6. The first-order chi connectivity index (χ1) is 11.9. The van der Waals surface area contributed by atoms with Crippen LogP contribution in [0.15, 0.2) is 0 Å². The zero-order valence-electron chi connectivity index (χ0n) is 14.3. The van der Waals surface area contributed by atoms with Gasteiger partial charge in [-0.2, -0.15) is 0 Å². The predicted molar refractivity (Wildman–Crippen MR) is 89.4 cm³/mol. The van der Waals surface area contributed by atoms with Crippen molar-refractivity contribution in [2.45, 2.75) is 49.2 Å². The predicted octanol–water partition coefficient (Wildman–Crippen LogP) is 0.870. The van der Waals surface area contributed by atoms with Gasteiger partial charge in [-0.1, -0.05) is 34.8 Å². The van der Waals surface area contributed by atoms with Gasteiger partial charge in [-0.15, -0.1) is 0 Å². The second-order valence-electron chi connectivity index (χ2n) is 5.44. The molecule has 0 aliphatic carbocycles. The Morgan fingerprint density at radius 2 is 1.50 bits per heavy atom. The van der Waals surface area contributed by atoms with E-state index in [0.717, 1.165) is 13.8 Å². The molecule has 5 atom stereocenters. The van der Waals surface area contributed by atoms with Gasteiger partial charge in [0.2, 0.25) is 5.91 Å². The van der Waals surface area contributed by atoms with Crippen molar-refractivity contribution < 1.29 is 38.1 Å². The van der Waals surface area contributed by atoms with Crippen molar-refractivity contribution >= 4 is 58.6 Å². The van der Waals surface area contributed by atoms with E-state index < -0.39 is 58.1 Å². The van der Waals surface area contributed by atoms with Crippen LogP contribution in [-0.4, -0.2) is 59.3 Å². The van der Waals surface area contributed by atoms with Gasteiger partial charge in [0.05, 0.1) is 6.10 Å². The fourth-order valence-electron chi connectivity index (χ4n) is 2.43. The Hall–Kier alpha value is -1.13. The zero-order chi connectivity index (χ0) is 20.2. The third-order valence-electron chi connectivity index (χ3n) is 3.42. The summed E-state index contributed by atoms with van der Waals surface area (Å²) in [5.74, 6) is -5.02. The molecule has 26 heavy (non-hydrogen) atoms. The number of hydrogen-bond acceptors (Lipinski definition) is 8. The molecule has 9 nitrogen and oxygen atoms in total. The van der Waals surface area contributed by atoms with E-state index in [2.05, 4.69) is 0 Å². The largest absolute Gasteiger partial charge is 0.457 e. The summed E-state index contributed by atoms with van der Waals surface area (Å²) < 4.78 is 18.5. The molecule has 2 amide bonds.